The molecule has 2 aromatic heterocycles. The van der Waals surface area contributed by atoms with Crippen LogP contribution in [0.15, 0.2) is 65.3 Å². The summed E-state index contributed by atoms with van der Waals surface area (Å²) < 4.78 is 13.5. The second kappa shape index (κ2) is 10.4. The van der Waals surface area contributed by atoms with Crippen LogP contribution >= 0.6 is 23.2 Å². The third kappa shape index (κ3) is 5.82. The molecule has 4 aromatic rings. The third-order valence-corrected chi connectivity index (χ3v) is 5.90. The van der Waals surface area contributed by atoms with Gasteiger partial charge in [-0.25, -0.2) is 0 Å². The van der Waals surface area contributed by atoms with Gasteiger partial charge in [0.25, 0.3) is 5.91 Å². The normalized spacial score (nSPS) is 11.1. The fourth-order valence-corrected chi connectivity index (χ4v) is 3.85. The number of hydrogen-bond donors (Lipinski definition) is 1. The van der Waals surface area contributed by atoms with Crippen LogP contribution in [0.2, 0.25) is 10.0 Å². The lowest BCUT2D eigenvalue weighted by Gasteiger charge is -2.15. The Morgan fingerprint density at radius 2 is 2.00 bits per heavy atom. The second-order valence-corrected chi connectivity index (χ2v) is 9.20. The molecule has 6 nitrogen and oxygen atoms in total. The maximum atomic E-state index is 12.7. The van der Waals surface area contributed by atoms with Gasteiger partial charge in [0.05, 0.1) is 17.8 Å². The topological polar surface area (TPSA) is 69.3 Å². The van der Waals surface area contributed by atoms with Crippen molar-refractivity contribution >= 4 is 34.8 Å². The Balaban J connectivity index is 1.39. The van der Waals surface area contributed by atoms with Crippen LogP contribution in [0.5, 0.6) is 5.75 Å². The number of aromatic nitrogens is 2. The molecule has 176 valence electrons. The van der Waals surface area contributed by atoms with Gasteiger partial charge in [0.2, 0.25) is 0 Å². The van der Waals surface area contributed by atoms with Gasteiger partial charge in [0.15, 0.2) is 5.76 Å². The van der Waals surface area contributed by atoms with Gasteiger partial charge < -0.3 is 14.5 Å². The van der Waals surface area contributed by atoms with E-state index in [-0.39, 0.29) is 24.2 Å². The maximum Gasteiger partial charge on any atom is 0.291 e. The number of halogens is 2. The summed E-state index contributed by atoms with van der Waals surface area (Å²) in [5.41, 5.74) is 3.61. The van der Waals surface area contributed by atoms with Crippen LogP contribution in [0.3, 0.4) is 0 Å². The standard InChI is InChI=1S/C26H25Cl2N3O3/c1-16(2)22-11-23(28)17(3)9-25(22)33-15-21-7-8-24(34-21)26(32)30-20-6-4-5-18(10-20)13-31-14-19(27)12-29-31/h4-12,14,16H,13,15H2,1-3H3,(H,30,32). The largest absolute Gasteiger partial charge is 0.485 e. The Morgan fingerprint density at radius 1 is 1.18 bits per heavy atom. The fraction of sp³-hybridized carbons (Fsp3) is 0.231. The number of aryl methyl sites for hydroxylation is 1. The molecular weight excluding hydrogens is 473 g/mol. The zero-order valence-corrected chi connectivity index (χ0v) is 20.7. The number of carbonyl (C=O) groups is 1. The van der Waals surface area contributed by atoms with Gasteiger partial charge in [0.1, 0.15) is 18.1 Å². The molecule has 0 aliphatic heterocycles. The lowest BCUT2D eigenvalue weighted by atomic mass is 10.0. The van der Waals surface area contributed by atoms with Crippen molar-refractivity contribution in [3.63, 3.8) is 0 Å². The summed E-state index contributed by atoms with van der Waals surface area (Å²) in [6, 6.07) is 14.8. The second-order valence-electron chi connectivity index (χ2n) is 8.36. The summed E-state index contributed by atoms with van der Waals surface area (Å²) in [6.07, 6.45) is 3.33. The Bertz CT molecular complexity index is 1310. The lowest BCUT2D eigenvalue weighted by Crippen LogP contribution is -2.11. The van der Waals surface area contributed by atoms with E-state index in [9.17, 15) is 4.79 Å². The molecule has 0 aliphatic rings. The number of furan rings is 1. The maximum absolute atomic E-state index is 12.7. The molecule has 0 bridgehead atoms. The number of benzene rings is 2. The van der Waals surface area contributed by atoms with E-state index in [2.05, 4.69) is 24.3 Å². The fourth-order valence-electron chi connectivity index (χ4n) is 3.52. The van der Waals surface area contributed by atoms with E-state index >= 15 is 0 Å². The quantitative estimate of drug-likeness (QED) is 0.282. The van der Waals surface area contributed by atoms with Crippen molar-refractivity contribution in [3.05, 3.63) is 99.2 Å². The first kappa shape index (κ1) is 23.9. The van der Waals surface area contributed by atoms with E-state index in [1.54, 1.807) is 29.2 Å². The number of anilines is 1. The highest BCUT2D eigenvalue weighted by atomic mass is 35.5. The minimum atomic E-state index is -0.337. The molecule has 0 aliphatic carbocycles. The minimum Gasteiger partial charge on any atom is -0.485 e. The first-order valence-corrected chi connectivity index (χ1v) is 11.6. The molecule has 8 heteroatoms. The Labute approximate surface area is 208 Å². The molecule has 4 rings (SSSR count). The number of rotatable bonds is 8. The molecular formula is C26H25Cl2N3O3. The average molecular weight is 498 g/mol. The first-order chi connectivity index (χ1) is 16.3. The zero-order valence-electron chi connectivity index (χ0n) is 19.1. The number of hydrogen-bond acceptors (Lipinski definition) is 4. The van der Waals surface area contributed by atoms with Crippen LogP contribution in [-0.4, -0.2) is 15.7 Å². The van der Waals surface area contributed by atoms with E-state index < -0.39 is 0 Å². The first-order valence-electron chi connectivity index (χ1n) is 10.9. The van der Waals surface area contributed by atoms with E-state index in [1.807, 2.05) is 43.3 Å². The smallest absolute Gasteiger partial charge is 0.291 e. The molecule has 0 saturated carbocycles. The van der Waals surface area contributed by atoms with Crippen molar-refractivity contribution in [2.75, 3.05) is 5.32 Å². The highest BCUT2D eigenvalue weighted by molar-refractivity contribution is 6.31. The number of nitrogens with one attached hydrogen (secondary N) is 1. The van der Waals surface area contributed by atoms with E-state index in [1.165, 1.54) is 0 Å². The van der Waals surface area contributed by atoms with Crippen molar-refractivity contribution in [2.45, 2.75) is 39.8 Å². The molecule has 0 fully saturated rings. The minimum absolute atomic E-state index is 0.204. The highest BCUT2D eigenvalue weighted by Crippen LogP contribution is 2.32. The van der Waals surface area contributed by atoms with Crippen LogP contribution in [0, 0.1) is 6.92 Å². The molecule has 0 atom stereocenters. The third-order valence-electron chi connectivity index (χ3n) is 5.30. The van der Waals surface area contributed by atoms with Gasteiger partial charge in [-0.2, -0.15) is 5.10 Å². The predicted molar refractivity (Wildman–Crippen MR) is 134 cm³/mol. The van der Waals surface area contributed by atoms with Gasteiger partial charge in [0, 0.05) is 16.9 Å². The Kier molecular flexibility index (Phi) is 7.29. The molecule has 0 saturated heterocycles. The van der Waals surface area contributed by atoms with Gasteiger partial charge in [-0.05, 0) is 65.9 Å². The van der Waals surface area contributed by atoms with E-state index in [4.69, 9.17) is 32.4 Å². The van der Waals surface area contributed by atoms with Gasteiger partial charge >= 0.3 is 0 Å². The Hall–Kier alpha value is -3.22. The van der Waals surface area contributed by atoms with Crippen LogP contribution in [0.25, 0.3) is 0 Å². The average Bonchev–Trinajstić information content (AvgIpc) is 3.43. The van der Waals surface area contributed by atoms with Crippen molar-refractivity contribution in [3.8, 4) is 5.75 Å². The van der Waals surface area contributed by atoms with Gasteiger partial charge in [-0.3, -0.25) is 9.48 Å². The summed E-state index contributed by atoms with van der Waals surface area (Å²) >= 11 is 12.2. The van der Waals surface area contributed by atoms with Crippen LogP contribution in [0.1, 0.15) is 52.8 Å². The molecule has 0 unspecified atom stereocenters. The van der Waals surface area contributed by atoms with Gasteiger partial charge in [-0.15, -0.1) is 0 Å². The summed E-state index contributed by atoms with van der Waals surface area (Å²) in [5, 5.41) is 8.34. The molecule has 2 heterocycles. The van der Waals surface area contributed by atoms with Crippen molar-refractivity contribution < 1.29 is 13.9 Å². The number of amides is 1. The summed E-state index contributed by atoms with van der Waals surface area (Å²) in [4.78, 5) is 12.7. The SMILES string of the molecule is Cc1cc(OCc2ccc(C(=O)Nc3cccc(Cn4cc(Cl)cn4)c3)o2)c(C(C)C)cc1Cl. The van der Waals surface area contributed by atoms with Crippen LogP contribution in [-0.2, 0) is 13.2 Å². The van der Waals surface area contributed by atoms with Crippen LogP contribution < -0.4 is 10.1 Å². The molecule has 0 spiro atoms. The highest BCUT2D eigenvalue weighted by Gasteiger charge is 2.15. The van der Waals surface area contributed by atoms with Gasteiger partial charge in [-0.1, -0.05) is 49.2 Å². The zero-order chi connectivity index (χ0) is 24.2. The number of carbonyl (C=O) groups excluding carboxylic acids is 1. The Morgan fingerprint density at radius 3 is 2.74 bits per heavy atom. The monoisotopic (exact) mass is 497 g/mol. The number of ether oxygens (including phenoxy) is 1. The van der Waals surface area contributed by atoms with Crippen molar-refractivity contribution in [1.29, 1.82) is 0 Å². The van der Waals surface area contributed by atoms with Crippen molar-refractivity contribution in [1.82, 2.24) is 9.78 Å². The summed E-state index contributed by atoms with van der Waals surface area (Å²) in [6.45, 7) is 6.86. The van der Waals surface area contributed by atoms with E-state index in [0.29, 0.717) is 28.0 Å². The molecule has 34 heavy (non-hydrogen) atoms. The van der Waals surface area contributed by atoms with E-state index in [0.717, 1.165) is 22.4 Å². The molecule has 1 N–H and O–H groups in total. The predicted octanol–water partition coefficient (Wildman–Crippen LogP) is 7.09. The summed E-state index contributed by atoms with van der Waals surface area (Å²) in [5.74, 6) is 1.44. The van der Waals surface area contributed by atoms with Crippen LogP contribution in [0.4, 0.5) is 5.69 Å². The molecule has 0 radical (unpaired) electrons. The molecule has 2 aromatic carbocycles. The summed E-state index contributed by atoms with van der Waals surface area (Å²) in [7, 11) is 0. The van der Waals surface area contributed by atoms with Crippen molar-refractivity contribution in [2.24, 2.45) is 0 Å². The lowest BCUT2D eigenvalue weighted by molar-refractivity contribution is 0.0992. The number of nitrogens with zero attached hydrogens (tertiary/aromatic N) is 2. The molecule has 1 amide bonds.